The van der Waals surface area contributed by atoms with Gasteiger partial charge in [-0.25, -0.2) is 21.9 Å². The molecule has 0 aliphatic heterocycles. The number of aromatic nitrogens is 1. The molecule has 0 radical (unpaired) electrons. The number of nitrogens with zero attached hydrogens (tertiary/aromatic N) is 1. The zero-order valence-corrected chi connectivity index (χ0v) is 21.1. The summed E-state index contributed by atoms with van der Waals surface area (Å²) >= 11 is 6.13. The summed E-state index contributed by atoms with van der Waals surface area (Å²) in [6.45, 7) is -0.0519. The van der Waals surface area contributed by atoms with Gasteiger partial charge < -0.3 is 10.1 Å². The van der Waals surface area contributed by atoms with Crippen LogP contribution in [-0.4, -0.2) is 26.4 Å². The lowest BCUT2D eigenvalue weighted by atomic mass is 10.1. The highest BCUT2D eigenvalue weighted by Gasteiger charge is 2.23. The van der Waals surface area contributed by atoms with Crippen LogP contribution in [0.2, 0.25) is 5.02 Å². The minimum absolute atomic E-state index is 0.0317. The second kappa shape index (κ2) is 11.2. The molecule has 7 nitrogen and oxygen atoms in total. The first-order chi connectivity index (χ1) is 17.7. The molecule has 0 saturated heterocycles. The fourth-order valence-electron chi connectivity index (χ4n) is 3.76. The molecular weight excluding hydrogens is 524 g/mol. The van der Waals surface area contributed by atoms with Crippen molar-refractivity contribution >= 4 is 44.0 Å². The van der Waals surface area contributed by atoms with Crippen molar-refractivity contribution in [2.45, 2.75) is 24.3 Å². The molecule has 37 heavy (non-hydrogen) atoms. The summed E-state index contributed by atoms with van der Waals surface area (Å²) in [5.74, 6) is 0.120. The van der Waals surface area contributed by atoms with E-state index in [4.69, 9.17) is 16.3 Å². The van der Waals surface area contributed by atoms with Crippen molar-refractivity contribution < 1.29 is 26.7 Å². The number of carbonyl (C=O) groups excluding carboxylic acids is 1. The van der Waals surface area contributed by atoms with Crippen LogP contribution >= 0.6 is 11.6 Å². The Morgan fingerprint density at radius 3 is 2.46 bits per heavy atom. The minimum Gasteiger partial charge on any atom is -0.497 e. The minimum atomic E-state index is -4.19. The highest BCUT2D eigenvalue weighted by Crippen LogP contribution is 2.33. The third-order valence-electron chi connectivity index (χ3n) is 5.59. The molecule has 0 unspecified atom stereocenters. The second-order valence-electron chi connectivity index (χ2n) is 8.06. The molecule has 4 aromatic rings. The fraction of sp³-hybridized carbons (Fsp3) is 0.154. The smallest absolute Gasteiger partial charge is 0.280 e. The Morgan fingerprint density at radius 1 is 1.05 bits per heavy atom. The largest absolute Gasteiger partial charge is 0.497 e. The lowest BCUT2D eigenvalue weighted by molar-refractivity contribution is -0.115. The molecule has 0 bridgehead atoms. The van der Waals surface area contributed by atoms with Crippen LogP contribution in [0.5, 0.6) is 5.75 Å². The number of ether oxygens (including phenoxy) is 1. The van der Waals surface area contributed by atoms with Crippen molar-refractivity contribution in [1.82, 2.24) is 9.71 Å². The summed E-state index contributed by atoms with van der Waals surface area (Å²) in [5.41, 5.74) is 0.662. The zero-order valence-electron chi connectivity index (χ0n) is 19.5. The highest BCUT2D eigenvalue weighted by atomic mass is 35.5. The molecule has 1 aromatic heterocycles. The Balaban J connectivity index is 1.69. The van der Waals surface area contributed by atoms with Crippen LogP contribution in [0, 0.1) is 0 Å². The van der Waals surface area contributed by atoms with Crippen LogP contribution < -0.4 is 14.8 Å². The Kier molecular flexibility index (Phi) is 8.01. The van der Waals surface area contributed by atoms with Gasteiger partial charge in [-0.05, 0) is 47.5 Å². The first-order valence-electron chi connectivity index (χ1n) is 11.0. The van der Waals surface area contributed by atoms with Crippen molar-refractivity contribution in [3.8, 4) is 5.75 Å². The van der Waals surface area contributed by atoms with Gasteiger partial charge in [0.15, 0.2) is 0 Å². The monoisotopic (exact) mass is 545 g/mol. The number of hydrogen-bond donors (Lipinski definition) is 2. The lowest BCUT2D eigenvalue weighted by Gasteiger charge is -2.15. The van der Waals surface area contributed by atoms with E-state index in [1.807, 2.05) is 0 Å². The summed E-state index contributed by atoms with van der Waals surface area (Å²) in [6, 6.07) is 17.4. The number of methoxy groups -OCH3 is 1. The number of nitrogens with one attached hydrogen (secondary N) is 2. The molecule has 0 saturated carbocycles. The molecule has 2 N–H and O–H groups in total. The van der Waals surface area contributed by atoms with Crippen LogP contribution in [-0.2, 0) is 27.8 Å². The molecule has 0 aliphatic carbocycles. The fourth-order valence-corrected chi connectivity index (χ4v) is 5.22. The molecule has 192 valence electrons. The number of benzene rings is 3. The van der Waals surface area contributed by atoms with Gasteiger partial charge in [0, 0.05) is 34.2 Å². The van der Waals surface area contributed by atoms with Gasteiger partial charge in [0.1, 0.15) is 11.4 Å². The van der Waals surface area contributed by atoms with E-state index < -0.39 is 28.0 Å². The quantitative estimate of drug-likeness (QED) is 0.290. The molecule has 0 atom stereocenters. The number of hydrogen-bond acceptors (Lipinski definition) is 5. The van der Waals surface area contributed by atoms with Gasteiger partial charge in [0.25, 0.3) is 6.43 Å². The van der Waals surface area contributed by atoms with Crippen molar-refractivity contribution in [3.05, 3.63) is 94.8 Å². The van der Waals surface area contributed by atoms with Crippen molar-refractivity contribution in [2.24, 2.45) is 0 Å². The summed E-state index contributed by atoms with van der Waals surface area (Å²) in [4.78, 5) is 16.2. The SMILES string of the molecule is COc1ccc(CNS(=O)(=O)c2cc(NC(=O)Cc3ccccc3Cl)cc3c(C(F)F)nccc23)cc1. The van der Waals surface area contributed by atoms with Gasteiger partial charge in [0.05, 0.1) is 18.4 Å². The third kappa shape index (κ3) is 6.22. The molecule has 1 heterocycles. The maximum atomic E-state index is 13.7. The Morgan fingerprint density at radius 2 is 1.78 bits per heavy atom. The molecular formula is C26H22ClF2N3O4S. The lowest BCUT2D eigenvalue weighted by Crippen LogP contribution is -2.24. The predicted molar refractivity (Wildman–Crippen MR) is 138 cm³/mol. The Labute approximate surface area is 217 Å². The second-order valence-corrected chi connectivity index (χ2v) is 10.2. The molecule has 0 fully saturated rings. The molecule has 0 aliphatic rings. The highest BCUT2D eigenvalue weighted by molar-refractivity contribution is 7.89. The van der Waals surface area contributed by atoms with E-state index in [1.54, 1.807) is 48.5 Å². The van der Waals surface area contributed by atoms with Gasteiger partial charge in [-0.3, -0.25) is 9.78 Å². The number of rotatable bonds is 9. The van der Waals surface area contributed by atoms with E-state index >= 15 is 0 Å². The molecule has 1 amide bonds. The van der Waals surface area contributed by atoms with E-state index in [0.717, 1.165) is 6.20 Å². The third-order valence-corrected chi connectivity index (χ3v) is 7.40. The van der Waals surface area contributed by atoms with Crippen molar-refractivity contribution in [3.63, 3.8) is 0 Å². The number of pyridine rings is 1. The zero-order chi connectivity index (χ0) is 26.6. The van der Waals surface area contributed by atoms with Gasteiger partial charge in [0.2, 0.25) is 15.9 Å². The van der Waals surface area contributed by atoms with E-state index in [-0.39, 0.29) is 34.3 Å². The topological polar surface area (TPSA) is 97.4 Å². The van der Waals surface area contributed by atoms with Gasteiger partial charge in [-0.15, -0.1) is 0 Å². The summed E-state index contributed by atoms with van der Waals surface area (Å²) < 4.78 is 61.7. The summed E-state index contributed by atoms with van der Waals surface area (Å²) in [7, 11) is -2.67. The molecule has 11 heteroatoms. The van der Waals surface area contributed by atoms with Gasteiger partial charge in [-0.1, -0.05) is 41.9 Å². The number of anilines is 1. The van der Waals surface area contributed by atoms with Crippen molar-refractivity contribution in [2.75, 3.05) is 12.4 Å². The van der Waals surface area contributed by atoms with Crippen molar-refractivity contribution in [1.29, 1.82) is 0 Å². The first-order valence-corrected chi connectivity index (χ1v) is 12.9. The van der Waals surface area contributed by atoms with E-state index in [0.29, 0.717) is 21.9 Å². The van der Waals surface area contributed by atoms with Crippen LogP contribution in [0.15, 0.2) is 77.8 Å². The van der Waals surface area contributed by atoms with Crippen LogP contribution in [0.1, 0.15) is 23.2 Å². The number of sulfonamides is 1. The summed E-state index contributed by atoms with van der Waals surface area (Å²) in [6.07, 6.45) is -1.92. The van der Waals surface area contributed by atoms with Crippen LogP contribution in [0.25, 0.3) is 10.8 Å². The predicted octanol–water partition coefficient (Wildman–Crippen LogP) is 5.49. The maximum Gasteiger partial charge on any atom is 0.280 e. The Bertz CT molecular complexity index is 1550. The van der Waals surface area contributed by atoms with E-state index in [2.05, 4.69) is 15.0 Å². The van der Waals surface area contributed by atoms with E-state index in [9.17, 15) is 22.0 Å². The number of halogens is 3. The summed E-state index contributed by atoms with van der Waals surface area (Å²) in [5, 5.41) is 2.96. The standard InChI is InChI=1S/C26H22ClF2N3O4S/c1-36-19-8-6-16(7-9-19)15-31-37(34,35)23-14-18(13-21-20(23)10-11-30-25(21)26(28)29)32-24(33)12-17-4-2-3-5-22(17)27/h2-11,13-14,26,31H,12,15H2,1H3,(H,32,33). The average Bonchev–Trinajstić information content (AvgIpc) is 2.88. The van der Waals surface area contributed by atoms with Crippen LogP contribution in [0.4, 0.5) is 14.5 Å². The number of carbonyl (C=O) groups is 1. The molecule has 4 rings (SSSR count). The Hall–Kier alpha value is -3.60. The average molecular weight is 546 g/mol. The molecule has 3 aromatic carbocycles. The van der Waals surface area contributed by atoms with Gasteiger partial charge >= 0.3 is 0 Å². The van der Waals surface area contributed by atoms with Gasteiger partial charge in [-0.2, -0.15) is 0 Å². The maximum absolute atomic E-state index is 13.7. The number of alkyl halides is 2. The first kappa shape index (κ1) is 26.5. The molecule has 0 spiro atoms. The van der Waals surface area contributed by atoms with Crippen LogP contribution in [0.3, 0.4) is 0 Å². The normalized spacial score (nSPS) is 11.6. The van der Waals surface area contributed by atoms with E-state index in [1.165, 1.54) is 25.3 Å². The number of fused-ring (bicyclic) bond motifs is 1. The number of amides is 1.